The number of nitrogens with zero attached hydrogens (tertiary/aromatic N) is 2. The lowest BCUT2D eigenvalue weighted by Gasteiger charge is -2.13. The third kappa shape index (κ3) is 2.63. The summed E-state index contributed by atoms with van der Waals surface area (Å²) in [5.41, 5.74) is 1.31. The van der Waals surface area contributed by atoms with Crippen LogP contribution in [0, 0.1) is 0 Å². The van der Waals surface area contributed by atoms with Gasteiger partial charge < -0.3 is 15.0 Å². The molecule has 1 aromatic carbocycles. The zero-order chi connectivity index (χ0) is 18.3. The van der Waals surface area contributed by atoms with Crippen LogP contribution in [0.5, 0.6) is 0 Å². The van der Waals surface area contributed by atoms with E-state index in [1.54, 1.807) is 30.3 Å². The second kappa shape index (κ2) is 5.80. The molecule has 26 heavy (non-hydrogen) atoms. The minimum absolute atomic E-state index is 0.397. The number of carbonyl (C=O) groups excluding carboxylic acids is 2. The Bertz CT molecular complexity index is 1030. The fourth-order valence-corrected chi connectivity index (χ4v) is 2.89. The van der Waals surface area contributed by atoms with Gasteiger partial charge in [-0.1, -0.05) is 0 Å². The van der Waals surface area contributed by atoms with Gasteiger partial charge in [0.15, 0.2) is 6.29 Å². The van der Waals surface area contributed by atoms with Crippen LogP contribution in [0.2, 0.25) is 0 Å². The van der Waals surface area contributed by atoms with Crippen LogP contribution < -0.4 is 5.32 Å². The van der Waals surface area contributed by atoms with Crippen LogP contribution in [-0.4, -0.2) is 38.4 Å². The van der Waals surface area contributed by atoms with E-state index in [0.717, 1.165) is 17.4 Å². The maximum absolute atomic E-state index is 12.3. The Morgan fingerprint density at radius 3 is 2.54 bits per heavy atom. The number of pyridine rings is 1. The van der Waals surface area contributed by atoms with Gasteiger partial charge in [0.25, 0.3) is 5.91 Å². The number of rotatable bonds is 5. The highest BCUT2D eigenvalue weighted by molar-refractivity contribution is 5.99. The van der Waals surface area contributed by atoms with Crippen LogP contribution >= 0.6 is 0 Å². The molecule has 1 amide bonds. The van der Waals surface area contributed by atoms with E-state index < -0.39 is 17.4 Å². The largest absolute Gasteiger partial charge is 0.480 e. The topological polar surface area (TPSA) is 101 Å². The molecule has 7 heteroatoms. The molecule has 7 nitrogen and oxygen atoms in total. The van der Waals surface area contributed by atoms with Gasteiger partial charge in [-0.25, -0.2) is 9.78 Å². The third-order valence-corrected chi connectivity index (χ3v) is 4.60. The predicted molar refractivity (Wildman–Crippen MR) is 93.5 cm³/mol. The Labute approximate surface area is 148 Å². The molecule has 4 rings (SSSR count). The Kier molecular flexibility index (Phi) is 3.57. The molecule has 2 N–H and O–H groups in total. The molecular weight excluding hydrogens is 334 g/mol. The van der Waals surface area contributed by atoms with Crippen molar-refractivity contribution in [3.63, 3.8) is 0 Å². The highest BCUT2D eigenvalue weighted by atomic mass is 16.4. The van der Waals surface area contributed by atoms with E-state index in [1.165, 1.54) is 6.20 Å². The average Bonchev–Trinajstić information content (AvgIpc) is 3.32. The molecule has 0 atom stereocenters. The normalized spacial score (nSPS) is 14.8. The monoisotopic (exact) mass is 349 g/mol. The van der Waals surface area contributed by atoms with Crippen molar-refractivity contribution in [1.29, 1.82) is 0 Å². The van der Waals surface area contributed by atoms with E-state index in [4.69, 9.17) is 5.11 Å². The van der Waals surface area contributed by atoms with Crippen molar-refractivity contribution in [2.75, 3.05) is 0 Å². The predicted octanol–water partition coefficient (Wildman–Crippen LogP) is 2.19. The van der Waals surface area contributed by atoms with Crippen molar-refractivity contribution in [1.82, 2.24) is 14.9 Å². The van der Waals surface area contributed by atoms with Crippen molar-refractivity contribution in [2.45, 2.75) is 18.4 Å². The van der Waals surface area contributed by atoms with Gasteiger partial charge in [-0.15, -0.1) is 0 Å². The molecule has 1 aliphatic carbocycles. The first-order valence-electron chi connectivity index (χ1n) is 8.11. The van der Waals surface area contributed by atoms with Gasteiger partial charge in [0.05, 0.1) is 0 Å². The van der Waals surface area contributed by atoms with Crippen molar-refractivity contribution < 1.29 is 19.5 Å². The van der Waals surface area contributed by atoms with Gasteiger partial charge in [0, 0.05) is 34.6 Å². The lowest BCUT2D eigenvalue weighted by Crippen LogP contribution is -2.43. The molecule has 2 heterocycles. The van der Waals surface area contributed by atoms with Crippen molar-refractivity contribution >= 4 is 29.2 Å². The van der Waals surface area contributed by atoms with Crippen molar-refractivity contribution in [3.8, 4) is 5.69 Å². The standard InChI is InChI=1S/C19H15N3O4/c23-11-12-9-14-5-8-22(16(14)20-10-12)15-3-1-13(2-4-15)17(24)21-19(6-7-19)18(25)26/h1-5,8-11H,6-7H2,(H,21,24)(H,25,26). The second-order valence-electron chi connectivity index (χ2n) is 6.37. The molecule has 3 aromatic rings. The van der Waals surface area contributed by atoms with Crippen LogP contribution in [0.15, 0.2) is 48.8 Å². The molecule has 0 bridgehead atoms. The van der Waals surface area contributed by atoms with E-state index in [2.05, 4.69) is 10.3 Å². The summed E-state index contributed by atoms with van der Waals surface area (Å²) in [5, 5.41) is 12.6. The lowest BCUT2D eigenvalue weighted by atomic mass is 10.1. The maximum atomic E-state index is 12.3. The molecule has 1 saturated carbocycles. The molecular formula is C19H15N3O4. The Morgan fingerprint density at radius 2 is 1.92 bits per heavy atom. The summed E-state index contributed by atoms with van der Waals surface area (Å²) in [7, 11) is 0. The summed E-state index contributed by atoms with van der Waals surface area (Å²) in [5.74, 6) is -1.40. The van der Waals surface area contributed by atoms with Gasteiger partial charge in [-0.2, -0.15) is 0 Å². The number of amides is 1. The summed E-state index contributed by atoms with van der Waals surface area (Å²) < 4.78 is 1.85. The lowest BCUT2D eigenvalue weighted by molar-refractivity contribution is -0.140. The summed E-state index contributed by atoms with van der Waals surface area (Å²) in [4.78, 5) is 38.6. The Balaban J connectivity index is 1.59. The first-order valence-corrected chi connectivity index (χ1v) is 8.11. The highest BCUT2D eigenvalue weighted by Crippen LogP contribution is 2.35. The number of aromatic nitrogens is 2. The Morgan fingerprint density at radius 1 is 1.19 bits per heavy atom. The summed E-state index contributed by atoms with van der Waals surface area (Å²) in [6.07, 6.45) is 5.01. The van der Waals surface area contributed by atoms with Gasteiger partial charge in [-0.3, -0.25) is 9.59 Å². The SMILES string of the molecule is O=Cc1cnc2c(ccn2-c2ccc(C(=O)NC3(C(=O)O)CC3)cc2)c1. The Hall–Kier alpha value is -3.48. The van der Waals surface area contributed by atoms with Crippen LogP contribution in [0.4, 0.5) is 0 Å². The molecule has 1 fully saturated rings. The number of carboxylic acids is 1. The highest BCUT2D eigenvalue weighted by Gasteiger charge is 2.51. The molecule has 130 valence electrons. The van der Waals surface area contributed by atoms with Gasteiger partial charge in [-0.05, 0) is 49.2 Å². The van der Waals surface area contributed by atoms with Crippen LogP contribution in [-0.2, 0) is 4.79 Å². The summed E-state index contributed by atoms with van der Waals surface area (Å²) in [6, 6.07) is 10.4. The number of fused-ring (bicyclic) bond motifs is 1. The smallest absolute Gasteiger partial charge is 0.329 e. The number of carbonyl (C=O) groups is 3. The fourth-order valence-electron chi connectivity index (χ4n) is 2.89. The number of carboxylic acid groups (broad SMARTS) is 1. The molecule has 2 aromatic heterocycles. The van der Waals surface area contributed by atoms with E-state index in [1.807, 2.05) is 16.8 Å². The zero-order valence-electron chi connectivity index (χ0n) is 13.7. The minimum Gasteiger partial charge on any atom is -0.480 e. The van der Waals surface area contributed by atoms with Gasteiger partial charge in [0.1, 0.15) is 11.2 Å². The number of nitrogens with one attached hydrogen (secondary N) is 1. The third-order valence-electron chi connectivity index (χ3n) is 4.60. The number of hydrogen-bond acceptors (Lipinski definition) is 4. The van der Waals surface area contributed by atoms with Crippen molar-refractivity contribution in [3.05, 3.63) is 59.9 Å². The van der Waals surface area contributed by atoms with E-state index in [0.29, 0.717) is 29.6 Å². The molecule has 0 unspecified atom stereocenters. The second-order valence-corrected chi connectivity index (χ2v) is 6.37. The van der Waals surface area contributed by atoms with Crippen LogP contribution in [0.1, 0.15) is 33.6 Å². The molecule has 0 aliphatic heterocycles. The maximum Gasteiger partial charge on any atom is 0.329 e. The zero-order valence-corrected chi connectivity index (χ0v) is 13.7. The number of hydrogen-bond donors (Lipinski definition) is 2. The fraction of sp³-hybridized carbons (Fsp3) is 0.158. The first-order chi connectivity index (χ1) is 12.5. The van der Waals surface area contributed by atoms with E-state index in [-0.39, 0.29) is 0 Å². The molecule has 0 radical (unpaired) electrons. The number of aldehydes is 1. The quantitative estimate of drug-likeness (QED) is 0.688. The van der Waals surface area contributed by atoms with Crippen LogP contribution in [0.3, 0.4) is 0 Å². The van der Waals surface area contributed by atoms with Gasteiger partial charge >= 0.3 is 5.97 Å². The first kappa shape index (κ1) is 16.0. The number of benzene rings is 1. The van der Waals surface area contributed by atoms with Crippen molar-refractivity contribution in [2.24, 2.45) is 0 Å². The number of aliphatic carboxylic acids is 1. The molecule has 0 spiro atoms. The van der Waals surface area contributed by atoms with Gasteiger partial charge in [0.2, 0.25) is 0 Å². The van der Waals surface area contributed by atoms with E-state index >= 15 is 0 Å². The molecule has 1 aliphatic rings. The average molecular weight is 349 g/mol. The summed E-state index contributed by atoms with van der Waals surface area (Å²) >= 11 is 0. The summed E-state index contributed by atoms with van der Waals surface area (Å²) in [6.45, 7) is 0. The van der Waals surface area contributed by atoms with E-state index in [9.17, 15) is 14.4 Å². The van der Waals surface area contributed by atoms with Crippen LogP contribution in [0.25, 0.3) is 16.7 Å². The molecule has 0 saturated heterocycles. The minimum atomic E-state index is -1.10.